The van der Waals surface area contributed by atoms with Gasteiger partial charge in [0.15, 0.2) is 0 Å². The number of halogens is 6. The first-order valence-electron chi connectivity index (χ1n) is 10.6. The van der Waals surface area contributed by atoms with E-state index in [0.29, 0.717) is 12.1 Å². The van der Waals surface area contributed by atoms with E-state index in [-0.39, 0.29) is 40.3 Å². The molecule has 0 amide bonds. The lowest BCUT2D eigenvalue weighted by Crippen LogP contribution is -2.12. The van der Waals surface area contributed by atoms with E-state index in [1.165, 1.54) is 35.9 Å². The second kappa shape index (κ2) is 10.4. The van der Waals surface area contributed by atoms with Gasteiger partial charge in [-0.2, -0.15) is 31.6 Å². The Hall–Kier alpha value is -4.27. The quantitative estimate of drug-likeness (QED) is 0.171. The first kappa shape index (κ1) is 27.3. The van der Waals surface area contributed by atoms with Gasteiger partial charge in [-0.3, -0.25) is 0 Å². The molecule has 0 aliphatic heterocycles. The summed E-state index contributed by atoms with van der Waals surface area (Å²) in [5, 5.41) is 9.58. The minimum Gasteiger partial charge on any atom is -0.465 e. The van der Waals surface area contributed by atoms with Crippen LogP contribution < -0.4 is 0 Å². The van der Waals surface area contributed by atoms with E-state index in [4.69, 9.17) is 9.47 Å². The normalized spacial score (nSPS) is 12.4. The molecule has 3 rings (SSSR count). The number of carbonyl (C=O) groups excluding carboxylic acids is 2. The highest BCUT2D eigenvalue weighted by Crippen LogP contribution is 2.37. The number of nitrogens with zero attached hydrogens (tertiary/aromatic N) is 2. The molecule has 12 heteroatoms. The smallest absolute Gasteiger partial charge is 0.416 e. The predicted molar refractivity (Wildman–Crippen MR) is 119 cm³/mol. The molecule has 3 aromatic rings. The van der Waals surface area contributed by atoms with E-state index >= 15 is 0 Å². The Labute approximate surface area is 206 Å². The van der Waals surface area contributed by atoms with Gasteiger partial charge in [0.05, 0.1) is 30.4 Å². The van der Waals surface area contributed by atoms with E-state index in [9.17, 15) is 41.2 Å². The van der Waals surface area contributed by atoms with Crippen molar-refractivity contribution in [3.05, 3.63) is 76.0 Å². The van der Waals surface area contributed by atoms with Crippen LogP contribution in [0.1, 0.15) is 39.5 Å². The minimum atomic E-state index is -5.03. The highest BCUT2D eigenvalue weighted by molar-refractivity contribution is 6.09. The van der Waals surface area contributed by atoms with Crippen LogP contribution in [0.15, 0.2) is 48.2 Å². The Morgan fingerprint density at radius 1 is 1.05 bits per heavy atom. The number of esters is 2. The summed E-state index contributed by atoms with van der Waals surface area (Å²) in [5.74, 6) is -1.74. The second-order valence-corrected chi connectivity index (χ2v) is 7.71. The molecule has 0 spiro atoms. The van der Waals surface area contributed by atoms with Gasteiger partial charge in [0.25, 0.3) is 0 Å². The molecule has 0 aliphatic rings. The third-order valence-electron chi connectivity index (χ3n) is 5.26. The van der Waals surface area contributed by atoms with Crippen LogP contribution in [0.4, 0.5) is 26.3 Å². The van der Waals surface area contributed by atoms with Gasteiger partial charge in [-0.05, 0) is 48.9 Å². The predicted octanol–water partition coefficient (Wildman–Crippen LogP) is 5.98. The van der Waals surface area contributed by atoms with Crippen molar-refractivity contribution in [2.24, 2.45) is 0 Å². The van der Waals surface area contributed by atoms with Crippen molar-refractivity contribution in [3.8, 4) is 6.07 Å². The molecule has 0 saturated heterocycles. The molecule has 1 aromatic heterocycles. The molecule has 0 fully saturated rings. The SMILES string of the molecule is CCOC(=O)/C(C#N)=C/c1cn(Cc2cc(C(F)(F)F)cc(C(F)(F)F)c2)c2cccc(C(=O)OC)c12. The van der Waals surface area contributed by atoms with E-state index in [1.807, 2.05) is 0 Å². The fourth-order valence-corrected chi connectivity index (χ4v) is 3.71. The molecule has 194 valence electrons. The van der Waals surface area contributed by atoms with Gasteiger partial charge in [-0.1, -0.05) is 6.07 Å². The second-order valence-electron chi connectivity index (χ2n) is 7.71. The van der Waals surface area contributed by atoms with E-state index in [0.717, 1.165) is 13.2 Å². The fourth-order valence-electron chi connectivity index (χ4n) is 3.71. The van der Waals surface area contributed by atoms with Crippen LogP contribution in [0, 0.1) is 11.3 Å². The van der Waals surface area contributed by atoms with Gasteiger partial charge in [0.2, 0.25) is 0 Å². The molecule has 0 saturated carbocycles. The Morgan fingerprint density at radius 2 is 1.68 bits per heavy atom. The van der Waals surface area contributed by atoms with Gasteiger partial charge in [-0.25, -0.2) is 9.59 Å². The van der Waals surface area contributed by atoms with Crippen LogP contribution in [0.5, 0.6) is 0 Å². The topological polar surface area (TPSA) is 81.3 Å². The molecular formula is C25H18F6N2O4. The number of benzene rings is 2. The third-order valence-corrected chi connectivity index (χ3v) is 5.26. The highest BCUT2D eigenvalue weighted by Gasteiger charge is 2.37. The molecule has 0 bridgehead atoms. The molecule has 0 radical (unpaired) electrons. The molecule has 0 N–H and O–H groups in total. The Kier molecular flexibility index (Phi) is 7.66. The molecule has 37 heavy (non-hydrogen) atoms. The minimum absolute atomic E-state index is 0.00571. The summed E-state index contributed by atoms with van der Waals surface area (Å²) < 4.78 is 90.9. The number of fused-ring (bicyclic) bond motifs is 1. The van der Waals surface area contributed by atoms with Crippen molar-refractivity contribution in [1.29, 1.82) is 5.26 Å². The molecule has 6 nitrogen and oxygen atoms in total. The number of rotatable bonds is 6. The van der Waals surface area contributed by atoms with Crippen molar-refractivity contribution in [1.82, 2.24) is 4.57 Å². The third kappa shape index (κ3) is 5.94. The Bertz CT molecular complexity index is 1400. The highest BCUT2D eigenvalue weighted by atomic mass is 19.4. The molecule has 0 unspecified atom stereocenters. The lowest BCUT2D eigenvalue weighted by Gasteiger charge is -2.15. The molecule has 0 aliphatic carbocycles. The summed E-state index contributed by atoms with van der Waals surface area (Å²) in [5.41, 5.74) is -3.32. The van der Waals surface area contributed by atoms with Crippen LogP contribution >= 0.6 is 0 Å². The van der Waals surface area contributed by atoms with Crippen molar-refractivity contribution < 1.29 is 45.4 Å². The average molecular weight is 524 g/mol. The summed E-state index contributed by atoms with van der Waals surface area (Å²) in [6.07, 6.45) is -7.62. The van der Waals surface area contributed by atoms with E-state index in [1.54, 1.807) is 6.07 Å². The molecular weight excluding hydrogens is 506 g/mol. The average Bonchev–Trinajstić information content (AvgIpc) is 3.17. The lowest BCUT2D eigenvalue weighted by molar-refractivity contribution is -0.143. The number of alkyl halides is 6. The number of methoxy groups -OCH3 is 1. The van der Waals surface area contributed by atoms with Crippen LogP contribution in [0.3, 0.4) is 0 Å². The summed E-state index contributed by atoms with van der Waals surface area (Å²) in [6.45, 7) is 1.05. The van der Waals surface area contributed by atoms with Crippen LogP contribution in [0.2, 0.25) is 0 Å². The number of carbonyl (C=O) groups is 2. The first-order valence-corrected chi connectivity index (χ1v) is 10.6. The van der Waals surface area contributed by atoms with E-state index in [2.05, 4.69) is 0 Å². The zero-order chi connectivity index (χ0) is 27.5. The van der Waals surface area contributed by atoms with Crippen molar-refractivity contribution in [2.45, 2.75) is 25.8 Å². The monoisotopic (exact) mass is 524 g/mol. The molecule has 1 heterocycles. The maximum absolute atomic E-state index is 13.3. The maximum Gasteiger partial charge on any atom is 0.416 e. The number of ether oxygens (including phenoxy) is 2. The van der Waals surface area contributed by atoms with Crippen LogP contribution in [-0.2, 0) is 33.2 Å². The zero-order valence-corrected chi connectivity index (χ0v) is 19.3. The summed E-state index contributed by atoms with van der Waals surface area (Å²) >= 11 is 0. The van der Waals surface area contributed by atoms with Crippen molar-refractivity contribution >= 4 is 28.9 Å². The largest absolute Gasteiger partial charge is 0.465 e. The Balaban J connectivity index is 2.26. The van der Waals surface area contributed by atoms with Gasteiger partial charge in [0.1, 0.15) is 11.6 Å². The van der Waals surface area contributed by atoms with Crippen LogP contribution in [-0.4, -0.2) is 30.2 Å². The van der Waals surface area contributed by atoms with Crippen molar-refractivity contribution in [3.63, 3.8) is 0 Å². The fraction of sp³-hybridized carbons (Fsp3) is 0.240. The van der Waals surface area contributed by atoms with Gasteiger partial charge < -0.3 is 14.0 Å². The standard InChI is InChI=1S/C25H18F6N2O4/c1-3-37-22(34)15(11-32)9-16-13-33(20-6-4-5-19(21(16)20)23(35)36-2)12-14-7-17(24(26,27)28)10-18(8-14)25(29,30)31/h4-10,13H,3,12H2,1-2H3/b15-9+. The van der Waals surface area contributed by atoms with Gasteiger partial charge in [0, 0.05) is 29.2 Å². The first-order chi connectivity index (χ1) is 17.3. The summed E-state index contributed by atoms with van der Waals surface area (Å²) in [7, 11) is 1.12. The van der Waals surface area contributed by atoms with E-state index < -0.39 is 47.5 Å². The number of nitriles is 1. The maximum atomic E-state index is 13.3. The van der Waals surface area contributed by atoms with Crippen LogP contribution in [0.25, 0.3) is 17.0 Å². The van der Waals surface area contributed by atoms with Gasteiger partial charge in [-0.15, -0.1) is 0 Å². The molecule has 0 atom stereocenters. The number of hydrogen-bond donors (Lipinski definition) is 0. The number of hydrogen-bond acceptors (Lipinski definition) is 5. The van der Waals surface area contributed by atoms with Crippen molar-refractivity contribution in [2.75, 3.05) is 13.7 Å². The number of aromatic nitrogens is 1. The Morgan fingerprint density at radius 3 is 2.19 bits per heavy atom. The zero-order valence-electron chi connectivity index (χ0n) is 19.3. The summed E-state index contributed by atoms with van der Waals surface area (Å²) in [4.78, 5) is 24.5. The molecule has 2 aromatic carbocycles. The van der Waals surface area contributed by atoms with Gasteiger partial charge >= 0.3 is 24.3 Å². The lowest BCUT2D eigenvalue weighted by atomic mass is 10.0. The summed E-state index contributed by atoms with van der Waals surface area (Å²) in [6, 6.07) is 7.22.